The van der Waals surface area contributed by atoms with E-state index in [9.17, 15) is 14.9 Å². The molecule has 1 aliphatic heterocycles. The van der Waals surface area contributed by atoms with Crippen molar-refractivity contribution in [2.75, 3.05) is 6.61 Å². The monoisotopic (exact) mass is 578 g/mol. The third kappa shape index (κ3) is 6.66. The van der Waals surface area contributed by atoms with E-state index in [0.717, 1.165) is 27.8 Å². The molecule has 1 saturated heterocycles. The number of imide groups is 1. The summed E-state index contributed by atoms with van der Waals surface area (Å²) >= 11 is 13.0. The Morgan fingerprint density at radius 1 is 1.05 bits per heavy atom. The minimum Gasteiger partial charge on any atom is -0.490 e. The molecule has 0 spiro atoms. The zero-order valence-corrected chi connectivity index (χ0v) is 23.4. The van der Waals surface area contributed by atoms with Gasteiger partial charge in [-0.1, -0.05) is 53.5 Å². The van der Waals surface area contributed by atoms with Crippen LogP contribution in [0.25, 0.3) is 6.08 Å². The normalized spacial score (nSPS) is 14.0. The molecule has 9 heteroatoms. The maximum atomic E-state index is 13.2. The second kappa shape index (κ2) is 12.9. The first kappa shape index (κ1) is 28.3. The van der Waals surface area contributed by atoms with Crippen LogP contribution in [0.15, 0.2) is 72.2 Å². The average Bonchev–Trinajstić information content (AvgIpc) is 3.18. The first-order valence-corrected chi connectivity index (χ1v) is 13.6. The van der Waals surface area contributed by atoms with E-state index >= 15 is 0 Å². The van der Waals surface area contributed by atoms with Gasteiger partial charge in [-0.05, 0) is 78.2 Å². The number of thioether (sulfide) groups is 1. The van der Waals surface area contributed by atoms with Crippen molar-refractivity contribution in [2.45, 2.75) is 26.5 Å². The molecule has 6 nitrogen and oxygen atoms in total. The number of nitrogens with zero attached hydrogens (tertiary/aromatic N) is 2. The molecule has 198 valence electrons. The molecule has 1 fully saturated rings. The van der Waals surface area contributed by atoms with Crippen molar-refractivity contribution < 1.29 is 19.1 Å². The lowest BCUT2D eigenvalue weighted by Crippen LogP contribution is -2.27. The molecular formula is C30H24Cl2N2O4S. The molecule has 0 radical (unpaired) electrons. The molecule has 0 aliphatic carbocycles. The summed E-state index contributed by atoms with van der Waals surface area (Å²) in [5.41, 5.74) is 3.36. The number of nitriles is 1. The van der Waals surface area contributed by atoms with Crippen molar-refractivity contribution in [3.05, 3.63) is 110 Å². The van der Waals surface area contributed by atoms with E-state index in [1.165, 1.54) is 0 Å². The summed E-state index contributed by atoms with van der Waals surface area (Å²) in [6.45, 7) is 6.39. The van der Waals surface area contributed by atoms with Crippen LogP contribution < -0.4 is 9.47 Å². The Labute approximate surface area is 241 Å². The molecule has 0 unspecified atom stereocenters. The van der Waals surface area contributed by atoms with Crippen molar-refractivity contribution in [2.24, 2.45) is 0 Å². The van der Waals surface area contributed by atoms with Gasteiger partial charge in [-0.2, -0.15) is 5.26 Å². The Balaban J connectivity index is 1.62. The molecule has 3 aromatic carbocycles. The highest BCUT2D eigenvalue weighted by atomic mass is 35.5. The molecule has 2 amide bonds. The number of halogens is 2. The zero-order valence-electron chi connectivity index (χ0n) is 21.1. The Hall–Kier alpha value is -3.70. The second-order valence-corrected chi connectivity index (χ2v) is 10.3. The van der Waals surface area contributed by atoms with Crippen LogP contribution in [0.5, 0.6) is 11.5 Å². The van der Waals surface area contributed by atoms with Crippen molar-refractivity contribution in [1.82, 2.24) is 4.90 Å². The van der Waals surface area contributed by atoms with E-state index in [1.54, 1.807) is 54.6 Å². The van der Waals surface area contributed by atoms with Crippen molar-refractivity contribution in [3.63, 3.8) is 0 Å². The fourth-order valence-electron chi connectivity index (χ4n) is 4.01. The van der Waals surface area contributed by atoms with Crippen LogP contribution in [0.2, 0.25) is 10.0 Å². The number of ether oxygens (including phenoxy) is 2. The minimum atomic E-state index is -0.416. The molecule has 0 N–H and O–H groups in total. The maximum Gasteiger partial charge on any atom is 0.293 e. The standard InChI is InChI=1S/C30H24Cl2N2O4S/c1-3-7-21-12-20(14-26(37-4-2)28(21)38-18-19-10-11-24(31)25(32)13-19)15-27-29(35)34(30(36)39-27)17-23-9-6-5-8-22(23)16-33/h3,5-6,8-15H,1,4,7,17-18H2,2H3/b27-15+. The predicted molar refractivity (Wildman–Crippen MR) is 155 cm³/mol. The Morgan fingerprint density at radius 3 is 2.56 bits per heavy atom. The van der Waals surface area contributed by atoms with Gasteiger partial charge in [0.2, 0.25) is 0 Å². The van der Waals surface area contributed by atoms with Gasteiger partial charge >= 0.3 is 0 Å². The summed E-state index contributed by atoms with van der Waals surface area (Å²) < 4.78 is 12.1. The number of carbonyl (C=O) groups is 2. The smallest absolute Gasteiger partial charge is 0.293 e. The van der Waals surface area contributed by atoms with Crippen LogP contribution in [-0.2, 0) is 24.4 Å². The van der Waals surface area contributed by atoms with Gasteiger partial charge in [-0.15, -0.1) is 6.58 Å². The minimum absolute atomic E-state index is 0.0269. The van der Waals surface area contributed by atoms with Crippen LogP contribution in [0.3, 0.4) is 0 Å². The van der Waals surface area contributed by atoms with Crippen LogP contribution in [-0.4, -0.2) is 22.7 Å². The van der Waals surface area contributed by atoms with Crippen LogP contribution in [0.1, 0.15) is 34.7 Å². The van der Waals surface area contributed by atoms with E-state index < -0.39 is 11.1 Å². The summed E-state index contributed by atoms with van der Waals surface area (Å²) in [6.07, 6.45) is 3.91. The molecule has 4 rings (SSSR count). The van der Waals surface area contributed by atoms with Gasteiger partial charge in [0.1, 0.15) is 6.61 Å². The lowest BCUT2D eigenvalue weighted by atomic mass is 10.0. The first-order valence-electron chi connectivity index (χ1n) is 12.0. The van der Waals surface area contributed by atoms with Gasteiger partial charge in [-0.25, -0.2) is 0 Å². The van der Waals surface area contributed by atoms with E-state index in [4.69, 9.17) is 32.7 Å². The summed E-state index contributed by atoms with van der Waals surface area (Å²) in [5.74, 6) is 0.646. The van der Waals surface area contributed by atoms with Gasteiger partial charge in [0, 0.05) is 5.56 Å². The third-order valence-electron chi connectivity index (χ3n) is 5.82. The lowest BCUT2D eigenvalue weighted by molar-refractivity contribution is -0.123. The average molecular weight is 580 g/mol. The number of hydrogen-bond donors (Lipinski definition) is 0. The van der Waals surface area contributed by atoms with Crippen LogP contribution >= 0.6 is 35.0 Å². The van der Waals surface area contributed by atoms with E-state index in [-0.39, 0.29) is 18.1 Å². The largest absolute Gasteiger partial charge is 0.490 e. The lowest BCUT2D eigenvalue weighted by Gasteiger charge is -2.17. The third-order valence-corrected chi connectivity index (χ3v) is 7.47. The molecule has 0 bridgehead atoms. The molecule has 0 atom stereocenters. The van der Waals surface area contributed by atoms with Gasteiger partial charge < -0.3 is 9.47 Å². The first-order chi connectivity index (χ1) is 18.8. The number of hydrogen-bond acceptors (Lipinski definition) is 6. The summed E-state index contributed by atoms with van der Waals surface area (Å²) in [6, 6.07) is 18.0. The Morgan fingerprint density at radius 2 is 1.85 bits per heavy atom. The van der Waals surface area contributed by atoms with Crippen molar-refractivity contribution in [3.8, 4) is 17.6 Å². The number of allylic oxidation sites excluding steroid dienone is 1. The van der Waals surface area contributed by atoms with Crippen LogP contribution in [0, 0.1) is 11.3 Å². The van der Waals surface area contributed by atoms with Crippen LogP contribution in [0.4, 0.5) is 4.79 Å². The number of amides is 2. The SMILES string of the molecule is C=CCc1cc(/C=C2/SC(=O)N(Cc3ccccc3C#N)C2=O)cc(OCC)c1OCc1ccc(Cl)c(Cl)c1. The summed E-state index contributed by atoms with van der Waals surface area (Å²) in [7, 11) is 0. The number of benzene rings is 3. The molecule has 1 aliphatic rings. The van der Waals surface area contributed by atoms with E-state index in [1.807, 2.05) is 19.1 Å². The number of rotatable bonds is 10. The molecular weight excluding hydrogens is 555 g/mol. The van der Waals surface area contributed by atoms with Gasteiger partial charge in [0.15, 0.2) is 11.5 Å². The quantitative estimate of drug-likeness (QED) is 0.180. The molecule has 39 heavy (non-hydrogen) atoms. The van der Waals surface area contributed by atoms with Gasteiger partial charge in [0.25, 0.3) is 11.1 Å². The zero-order chi connectivity index (χ0) is 27.9. The summed E-state index contributed by atoms with van der Waals surface area (Å²) in [4.78, 5) is 27.3. The highest BCUT2D eigenvalue weighted by Gasteiger charge is 2.35. The van der Waals surface area contributed by atoms with E-state index in [0.29, 0.717) is 51.3 Å². The van der Waals surface area contributed by atoms with Crippen molar-refractivity contribution >= 4 is 52.2 Å². The maximum absolute atomic E-state index is 13.2. The van der Waals surface area contributed by atoms with Gasteiger partial charge in [-0.3, -0.25) is 14.5 Å². The Kier molecular flexibility index (Phi) is 9.36. The number of carbonyl (C=O) groups excluding carboxylic acids is 2. The predicted octanol–water partition coefficient (Wildman–Crippen LogP) is 7.81. The highest BCUT2D eigenvalue weighted by Crippen LogP contribution is 2.38. The fraction of sp³-hybridized carbons (Fsp3) is 0.167. The Bertz CT molecular complexity index is 1510. The summed E-state index contributed by atoms with van der Waals surface area (Å²) in [5, 5.41) is 9.87. The van der Waals surface area contributed by atoms with Gasteiger partial charge in [0.05, 0.1) is 39.7 Å². The molecule has 0 saturated carbocycles. The van der Waals surface area contributed by atoms with Crippen molar-refractivity contribution in [1.29, 1.82) is 5.26 Å². The molecule has 1 heterocycles. The molecule has 0 aromatic heterocycles. The second-order valence-electron chi connectivity index (χ2n) is 8.51. The van der Waals surface area contributed by atoms with E-state index in [2.05, 4.69) is 12.6 Å². The highest BCUT2D eigenvalue weighted by molar-refractivity contribution is 8.18. The fourth-order valence-corrected chi connectivity index (χ4v) is 5.17. The molecule has 3 aromatic rings. The topological polar surface area (TPSA) is 79.6 Å².